The maximum Gasteiger partial charge on any atom is 0.232 e. The molecule has 0 spiro atoms. The van der Waals surface area contributed by atoms with Crippen LogP contribution < -0.4 is 10.5 Å². The lowest BCUT2D eigenvalue weighted by Gasteiger charge is -2.07. The fourth-order valence-electron chi connectivity index (χ4n) is 1.02. The van der Waals surface area contributed by atoms with Crippen LogP contribution in [0.15, 0.2) is 24.3 Å². The highest BCUT2D eigenvalue weighted by molar-refractivity contribution is 14.1. The van der Waals surface area contributed by atoms with Crippen molar-refractivity contribution in [2.75, 3.05) is 17.0 Å². The topological polar surface area (TPSA) is 72.2 Å². The van der Waals surface area contributed by atoms with Crippen molar-refractivity contribution in [2.24, 2.45) is 5.73 Å². The van der Waals surface area contributed by atoms with Crippen LogP contribution >= 0.6 is 22.6 Å². The number of sulfonamides is 1. The van der Waals surface area contributed by atoms with Crippen molar-refractivity contribution in [2.45, 2.75) is 6.42 Å². The largest absolute Gasteiger partial charge is 0.330 e. The molecule has 1 rings (SSSR count). The molecule has 0 heterocycles. The van der Waals surface area contributed by atoms with Gasteiger partial charge in [0.2, 0.25) is 10.0 Å². The van der Waals surface area contributed by atoms with E-state index in [1.165, 1.54) is 0 Å². The van der Waals surface area contributed by atoms with Gasteiger partial charge in [-0.15, -0.1) is 0 Å². The molecule has 0 atom stereocenters. The Balaban J connectivity index is 2.65. The van der Waals surface area contributed by atoms with Crippen molar-refractivity contribution in [3.05, 3.63) is 27.8 Å². The van der Waals surface area contributed by atoms with E-state index in [1.807, 2.05) is 12.1 Å². The van der Waals surface area contributed by atoms with Crippen LogP contribution in [0.3, 0.4) is 0 Å². The number of hydrogen-bond acceptors (Lipinski definition) is 3. The van der Waals surface area contributed by atoms with Crippen molar-refractivity contribution < 1.29 is 8.42 Å². The molecule has 0 unspecified atom stereocenters. The van der Waals surface area contributed by atoms with Crippen LogP contribution in [0.2, 0.25) is 0 Å². The average molecular weight is 340 g/mol. The summed E-state index contributed by atoms with van der Waals surface area (Å²) in [4.78, 5) is 0. The quantitative estimate of drug-likeness (QED) is 0.796. The molecule has 0 aliphatic carbocycles. The molecule has 3 N–H and O–H groups in total. The van der Waals surface area contributed by atoms with Crippen molar-refractivity contribution in [3.8, 4) is 0 Å². The summed E-state index contributed by atoms with van der Waals surface area (Å²) in [6.45, 7) is 0.383. The van der Waals surface area contributed by atoms with E-state index < -0.39 is 10.0 Å². The van der Waals surface area contributed by atoms with Gasteiger partial charge in [0.05, 0.1) is 5.75 Å². The van der Waals surface area contributed by atoms with E-state index in [4.69, 9.17) is 5.73 Å². The molecule has 0 amide bonds. The van der Waals surface area contributed by atoms with Gasteiger partial charge in [-0.25, -0.2) is 8.42 Å². The average Bonchev–Trinajstić information content (AvgIpc) is 2.18. The van der Waals surface area contributed by atoms with Gasteiger partial charge in [-0.05, 0) is 59.8 Å². The van der Waals surface area contributed by atoms with E-state index in [2.05, 4.69) is 27.3 Å². The molecule has 84 valence electrons. The molecule has 15 heavy (non-hydrogen) atoms. The van der Waals surface area contributed by atoms with E-state index in [1.54, 1.807) is 12.1 Å². The first-order valence-corrected chi connectivity index (χ1v) is 7.23. The predicted octanol–water partition coefficient (Wildman–Crippen LogP) is 1.38. The smallest absolute Gasteiger partial charge is 0.232 e. The summed E-state index contributed by atoms with van der Waals surface area (Å²) in [5.41, 5.74) is 5.85. The lowest BCUT2D eigenvalue weighted by atomic mass is 10.3. The molecule has 0 aromatic heterocycles. The fraction of sp³-hybridized carbons (Fsp3) is 0.333. The van der Waals surface area contributed by atoms with E-state index in [0.29, 0.717) is 18.7 Å². The summed E-state index contributed by atoms with van der Waals surface area (Å²) in [5.74, 6) is 0.0650. The molecule has 1 aromatic carbocycles. The fourth-order valence-corrected chi connectivity index (χ4v) is 2.53. The Morgan fingerprint density at radius 1 is 1.27 bits per heavy atom. The summed E-state index contributed by atoms with van der Waals surface area (Å²) in [7, 11) is -3.24. The number of nitrogens with one attached hydrogen (secondary N) is 1. The minimum atomic E-state index is -3.24. The Morgan fingerprint density at radius 3 is 2.40 bits per heavy atom. The van der Waals surface area contributed by atoms with Crippen molar-refractivity contribution in [1.82, 2.24) is 0 Å². The number of benzene rings is 1. The van der Waals surface area contributed by atoms with Crippen LogP contribution in [-0.2, 0) is 10.0 Å². The highest BCUT2D eigenvalue weighted by atomic mass is 127. The zero-order valence-corrected chi connectivity index (χ0v) is 11.1. The van der Waals surface area contributed by atoms with Crippen LogP contribution in [0.1, 0.15) is 6.42 Å². The minimum Gasteiger partial charge on any atom is -0.330 e. The summed E-state index contributed by atoms with van der Waals surface area (Å²) < 4.78 is 26.5. The van der Waals surface area contributed by atoms with Crippen molar-refractivity contribution >= 4 is 38.3 Å². The second-order valence-corrected chi connectivity index (χ2v) is 6.16. The first kappa shape index (κ1) is 12.7. The predicted molar refractivity (Wildman–Crippen MR) is 70.2 cm³/mol. The number of hydrogen-bond donors (Lipinski definition) is 2. The normalized spacial score (nSPS) is 11.3. The van der Waals surface area contributed by atoms with Crippen molar-refractivity contribution in [1.29, 1.82) is 0 Å². The van der Waals surface area contributed by atoms with Gasteiger partial charge in [0.25, 0.3) is 0 Å². The van der Waals surface area contributed by atoms with E-state index >= 15 is 0 Å². The lowest BCUT2D eigenvalue weighted by Crippen LogP contribution is -2.18. The Kier molecular flexibility index (Phi) is 4.81. The molecule has 0 radical (unpaired) electrons. The lowest BCUT2D eigenvalue weighted by molar-refractivity contribution is 0.599. The van der Waals surface area contributed by atoms with E-state index in [9.17, 15) is 8.42 Å². The van der Waals surface area contributed by atoms with Crippen LogP contribution in [0.25, 0.3) is 0 Å². The summed E-state index contributed by atoms with van der Waals surface area (Å²) in [6, 6.07) is 7.17. The summed E-state index contributed by atoms with van der Waals surface area (Å²) >= 11 is 2.16. The molecule has 0 bridgehead atoms. The van der Waals surface area contributed by atoms with Crippen LogP contribution in [0.4, 0.5) is 5.69 Å². The third-order valence-corrected chi connectivity index (χ3v) is 3.83. The first-order valence-electron chi connectivity index (χ1n) is 4.49. The summed E-state index contributed by atoms with van der Waals surface area (Å²) in [5, 5.41) is 0. The molecule has 0 fully saturated rings. The number of nitrogens with two attached hydrogens (primary N) is 1. The van der Waals surface area contributed by atoms with Crippen LogP contribution in [-0.4, -0.2) is 20.7 Å². The van der Waals surface area contributed by atoms with Crippen LogP contribution in [0, 0.1) is 3.57 Å². The molecule has 0 saturated heterocycles. The zero-order valence-electron chi connectivity index (χ0n) is 8.11. The van der Waals surface area contributed by atoms with Gasteiger partial charge < -0.3 is 5.73 Å². The minimum absolute atomic E-state index is 0.0650. The van der Waals surface area contributed by atoms with E-state index in [-0.39, 0.29) is 5.75 Å². The third-order valence-electron chi connectivity index (χ3n) is 1.73. The molecule has 6 heteroatoms. The second-order valence-electron chi connectivity index (χ2n) is 3.07. The first-order chi connectivity index (χ1) is 7.03. The molecule has 0 saturated carbocycles. The highest BCUT2D eigenvalue weighted by Gasteiger charge is 2.08. The van der Waals surface area contributed by atoms with Gasteiger partial charge in [-0.2, -0.15) is 0 Å². The molecule has 0 aliphatic heterocycles. The van der Waals surface area contributed by atoms with Crippen molar-refractivity contribution in [3.63, 3.8) is 0 Å². The number of rotatable bonds is 5. The monoisotopic (exact) mass is 340 g/mol. The molecule has 0 aliphatic rings. The van der Waals surface area contributed by atoms with Gasteiger partial charge in [-0.1, -0.05) is 0 Å². The highest BCUT2D eigenvalue weighted by Crippen LogP contribution is 2.12. The molecule has 4 nitrogen and oxygen atoms in total. The van der Waals surface area contributed by atoms with Gasteiger partial charge >= 0.3 is 0 Å². The molecule has 1 aromatic rings. The zero-order chi connectivity index (χ0) is 11.3. The number of anilines is 1. The molecular formula is C9H13IN2O2S. The Morgan fingerprint density at radius 2 is 1.87 bits per heavy atom. The maximum atomic E-state index is 11.5. The van der Waals surface area contributed by atoms with Gasteiger partial charge in [-0.3, -0.25) is 4.72 Å². The van der Waals surface area contributed by atoms with Gasteiger partial charge in [0.1, 0.15) is 0 Å². The Hall–Kier alpha value is -0.340. The molecular weight excluding hydrogens is 327 g/mol. The van der Waals surface area contributed by atoms with Gasteiger partial charge in [0.15, 0.2) is 0 Å². The van der Waals surface area contributed by atoms with E-state index in [0.717, 1.165) is 3.57 Å². The third kappa shape index (κ3) is 4.80. The maximum absolute atomic E-state index is 11.5. The summed E-state index contributed by atoms with van der Waals surface area (Å²) in [6.07, 6.45) is 0.472. The number of halogens is 1. The standard InChI is InChI=1S/C9H13IN2O2S/c10-8-2-4-9(5-3-8)12-15(13,14)7-1-6-11/h2-5,12H,1,6-7,11H2. The van der Waals surface area contributed by atoms with Crippen LogP contribution in [0.5, 0.6) is 0 Å². The second kappa shape index (κ2) is 5.66. The Labute approximate surface area is 103 Å². The van der Waals surface area contributed by atoms with Gasteiger partial charge in [0, 0.05) is 9.26 Å². The SMILES string of the molecule is NCCCS(=O)(=O)Nc1ccc(I)cc1. The Bertz CT molecular complexity index is 403.